The zero-order chi connectivity index (χ0) is 20.9. The fourth-order valence-electron chi connectivity index (χ4n) is 3.83. The van der Waals surface area contributed by atoms with Crippen molar-refractivity contribution in [3.05, 3.63) is 16.3 Å². The van der Waals surface area contributed by atoms with Gasteiger partial charge in [0.25, 0.3) is 5.91 Å². The molecule has 2 saturated heterocycles. The minimum Gasteiger partial charge on any atom is -0.355 e. The summed E-state index contributed by atoms with van der Waals surface area (Å²) >= 11 is 1.19. The molecule has 0 spiro atoms. The van der Waals surface area contributed by atoms with Gasteiger partial charge in [-0.25, -0.2) is 8.42 Å². The van der Waals surface area contributed by atoms with Gasteiger partial charge in [-0.05, 0) is 37.6 Å². The van der Waals surface area contributed by atoms with Gasteiger partial charge in [-0.3, -0.25) is 14.5 Å². The number of hydrogen-bond donors (Lipinski definition) is 1. The van der Waals surface area contributed by atoms with Crippen LogP contribution in [0.1, 0.15) is 42.3 Å². The van der Waals surface area contributed by atoms with Crippen LogP contribution in [-0.4, -0.2) is 86.7 Å². The fourth-order valence-corrected chi connectivity index (χ4v) is 6.71. The van der Waals surface area contributed by atoms with Gasteiger partial charge in [-0.15, -0.1) is 11.3 Å². The summed E-state index contributed by atoms with van der Waals surface area (Å²) in [7, 11) is -3.64. The molecule has 8 nitrogen and oxygen atoms in total. The summed E-state index contributed by atoms with van der Waals surface area (Å²) in [6.07, 6.45) is 3.52. The van der Waals surface area contributed by atoms with Gasteiger partial charge in [0, 0.05) is 45.8 Å². The molecule has 0 unspecified atom stereocenters. The summed E-state index contributed by atoms with van der Waals surface area (Å²) in [6.45, 7) is 6.23. The van der Waals surface area contributed by atoms with E-state index in [9.17, 15) is 18.0 Å². The van der Waals surface area contributed by atoms with Crippen molar-refractivity contribution in [2.75, 3.05) is 52.4 Å². The van der Waals surface area contributed by atoms with E-state index in [0.717, 1.165) is 32.2 Å². The second kappa shape index (κ2) is 10.0. The van der Waals surface area contributed by atoms with Crippen LogP contribution in [0.15, 0.2) is 16.3 Å². The fraction of sp³-hybridized carbons (Fsp3) is 0.684. The quantitative estimate of drug-likeness (QED) is 0.715. The Bertz CT molecular complexity index is 818. The lowest BCUT2D eigenvalue weighted by Gasteiger charge is -2.26. The van der Waals surface area contributed by atoms with Crippen molar-refractivity contribution in [1.82, 2.24) is 19.4 Å². The van der Waals surface area contributed by atoms with Gasteiger partial charge in [-0.1, -0.05) is 6.42 Å². The molecule has 162 valence electrons. The lowest BCUT2D eigenvalue weighted by atomic mass is 10.2. The maximum Gasteiger partial charge on any atom is 0.265 e. The van der Waals surface area contributed by atoms with Crippen molar-refractivity contribution in [3.63, 3.8) is 0 Å². The highest BCUT2D eigenvalue weighted by Crippen LogP contribution is 2.28. The van der Waals surface area contributed by atoms with Crippen LogP contribution in [0, 0.1) is 0 Å². The van der Waals surface area contributed by atoms with E-state index >= 15 is 0 Å². The first-order valence-electron chi connectivity index (χ1n) is 10.3. The monoisotopic (exact) mass is 442 g/mol. The van der Waals surface area contributed by atoms with E-state index in [1.165, 1.54) is 15.6 Å². The first-order chi connectivity index (χ1) is 13.9. The summed E-state index contributed by atoms with van der Waals surface area (Å²) in [5, 5.41) is 4.48. The predicted molar refractivity (Wildman–Crippen MR) is 113 cm³/mol. The Labute approximate surface area is 176 Å². The van der Waals surface area contributed by atoms with Crippen LogP contribution in [0.5, 0.6) is 0 Å². The van der Waals surface area contributed by atoms with Gasteiger partial charge in [0.15, 0.2) is 0 Å². The van der Waals surface area contributed by atoms with E-state index in [0.29, 0.717) is 50.7 Å². The molecule has 1 aromatic rings. The van der Waals surface area contributed by atoms with Crippen LogP contribution in [-0.2, 0) is 14.8 Å². The summed E-state index contributed by atoms with van der Waals surface area (Å²) in [4.78, 5) is 29.2. The SMILES string of the molecule is CCNC(=O)CN1CCCN(C(=O)c2sccc2S(=O)(=O)N2CCCCC2)CC1. The molecule has 0 radical (unpaired) electrons. The van der Waals surface area contributed by atoms with Gasteiger partial charge in [0.05, 0.1) is 6.54 Å². The maximum absolute atomic E-state index is 13.2. The molecule has 3 heterocycles. The number of amides is 2. The Hall–Kier alpha value is -1.49. The zero-order valence-electron chi connectivity index (χ0n) is 16.9. The first-order valence-corrected chi connectivity index (χ1v) is 12.6. The highest BCUT2D eigenvalue weighted by Gasteiger charge is 2.33. The van der Waals surface area contributed by atoms with Crippen molar-refractivity contribution in [3.8, 4) is 0 Å². The topological polar surface area (TPSA) is 90.0 Å². The Morgan fingerprint density at radius 1 is 1.03 bits per heavy atom. The molecule has 2 aliphatic rings. The maximum atomic E-state index is 13.2. The third-order valence-corrected chi connectivity index (χ3v) is 8.35. The number of nitrogens with one attached hydrogen (secondary N) is 1. The molecule has 29 heavy (non-hydrogen) atoms. The molecular weight excluding hydrogens is 412 g/mol. The van der Waals surface area contributed by atoms with Crippen LogP contribution in [0.2, 0.25) is 0 Å². The Balaban J connectivity index is 1.68. The molecule has 0 aromatic carbocycles. The van der Waals surface area contributed by atoms with Crippen molar-refractivity contribution in [1.29, 1.82) is 0 Å². The molecule has 2 aliphatic heterocycles. The predicted octanol–water partition coefficient (Wildman–Crippen LogP) is 1.21. The molecule has 3 rings (SSSR count). The minimum absolute atomic E-state index is 0.0135. The molecule has 0 saturated carbocycles. The highest BCUT2D eigenvalue weighted by atomic mass is 32.2. The van der Waals surface area contributed by atoms with Crippen LogP contribution < -0.4 is 5.32 Å². The van der Waals surface area contributed by atoms with Crippen molar-refractivity contribution in [2.45, 2.75) is 37.5 Å². The number of hydrogen-bond acceptors (Lipinski definition) is 6. The molecular formula is C19H30N4O4S2. The number of sulfonamides is 1. The number of thiophene rings is 1. The van der Waals surface area contributed by atoms with Crippen LogP contribution in [0.3, 0.4) is 0 Å². The Morgan fingerprint density at radius 2 is 1.79 bits per heavy atom. The number of rotatable bonds is 6. The molecule has 1 aromatic heterocycles. The van der Waals surface area contributed by atoms with Gasteiger partial charge in [0.2, 0.25) is 15.9 Å². The van der Waals surface area contributed by atoms with Crippen LogP contribution in [0.25, 0.3) is 0 Å². The summed E-state index contributed by atoms with van der Waals surface area (Å²) in [6, 6.07) is 1.56. The molecule has 0 bridgehead atoms. The van der Waals surface area contributed by atoms with Gasteiger partial charge in [0.1, 0.15) is 9.77 Å². The average molecular weight is 443 g/mol. The molecule has 10 heteroatoms. The minimum atomic E-state index is -3.64. The summed E-state index contributed by atoms with van der Waals surface area (Å²) < 4.78 is 27.6. The second-order valence-electron chi connectivity index (χ2n) is 7.45. The normalized spacial score (nSPS) is 19.7. The third kappa shape index (κ3) is 5.36. The largest absolute Gasteiger partial charge is 0.355 e. The number of carbonyl (C=O) groups is 2. The van der Waals surface area contributed by atoms with Crippen LogP contribution >= 0.6 is 11.3 Å². The van der Waals surface area contributed by atoms with E-state index in [-0.39, 0.29) is 16.7 Å². The van der Waals surface area contributed by atoms with Gasteiger partial charge < -0.3 is 10.2 Å². The van der Waals surface area contributed by atoms with E-state index in [1.807, 2.05) is 11.8 Å². The highest BCUT2D eigenvalue weighted by molar-refractivity contribution is 7.89. The van der Waals surface area contributed by atoms with Crippen LogP contribution in [0.4, 0.5) is 0 Å². The lowest BCUT2D eigenvalue weighted by molar-refractivity contribution is -0.122. The molecule has 1 N–H and O–H groups in total. The van der Waals surface area contributed by atoms with E-state index in [2.05, 4.69) is 5.32 Å². The van der Waals surface area contributed by atoms with Crippen molar-refractivity contribution in [2.24, 2.45) is 0 Å². The van der Waals surface area contributed by atoms with E-state index in [4.69, 9.17) is 0 Å². The Morgan fingerprint density at radius 3 is 2.52 bits per heavy atom. The van der Waals surface area contributed by atoms with E-state index < -0.39 is 10.0 Å². The lowest BCUT2D eigenvalue weighted by Crippen LogP contribution is -2.40. The number of piperidine rings is 1. The second-order valence-corrected chi connectivity index (χ2v) is 10.3. The first kappa shape index (κ1) is 22.2. The molecule has 0 aliphatic carbocycles. The van der Waals surface area contributed by atoms with Crippen molar-refractivity contribution < 1.29 is 18.0 Å². The molecule has 0 atom stereocenters. The molecule has 2 fully saturated rings. The van der Waals surface area contributed by atoms with Crippen molar-refractivity contribution >= 4 is 33.2 Å². The zero-order valence-corrected chi connectivity index (χ0v) is 18.6. The van der Waals surface area contributed by atoms with Gasteiger partial charge >= 0.3 is 0 Å². The molecule has 2 amide bonds. The summed E-state index contributed by atoms with van der Waals surface area (Å²) in [5.74, 6) is -0.240. The number of nitrogens with zero attached hydrogens (tertiary/aromatic N) is 3. The third-order valence-electron chi connectivity index (χ3n) is 5.37. The smallest absolute Gasteiger partial charge is 0.265 e. The Kier molecular flexibility index (Phi) is 7.66. The van der Waals surface area contributed by atoms with Gasteiger partial charge in [-0.2, -0.15) is 4.31 Å². The van der Waals surface area contributed by atoms with E-state index in [1.54, 1.807) is 16.3 Å². The number of carbonyl (C=O) groups excluding carboxylic acids is 2. The number of likely N-dealkylation sites (N-methyl/N-ethyl adjacent to an activating group) is 1. The average Bonchev–Trinajstić information content (AvgIpc) is 3.10. The summed E-state index contributed by atoms with van der Waals surface area (Å²) in [5.41, 5.74) is 0. The standard InChI is InChI=1S/C19H30N4O4S2/c1-2-20-17(24)15-21-8-6-9-22(13-12-21)19(25)18-16(7-14-28-18)29(26,27)23-10-4-3-5-11-23/h7,14H,2-6,8-13,15H2,1H3,(H,20,24).